The van der Waals surface area contributed by atoms with Gasteiger partial charge in [-0.25, -0.2) is 4.79 Å². The van der Waals surface area contributed by atoms with Gasteiger partial charge in [-0.1, -0.05) is 19.1 Å². The molecule has 1 aliphatic heterocycles. The fourth-order valence-electron chi connectivity index (χ4n) is 2.58. The van der Waals surface area contributed by atoms with E-state index in [2.05, 4.69) is 18.9 Å². The Morgan fingerprint density at radius 3 is 2.53 bits per heavy atom. The van der Waals surface area contributed by atoms with E-state index in [1.165, 1.54) is 18.5 Å². The molecule has 3 nitrogen and oxygen atoms in total. The van der Waals surface area contributed by atoms with Gasteiger partial charge in [-0.3, -0.25) is 0 Å². The second-order valence-corrected chi connectivity index (χ2v) is 5.03. The van der Waals surface area contributed by atoms with Gasteiger partial charge in [-0.2, -0.15) is 0 Å². The third-order valence-electron chi connectivity index (χ3n) is 3.82. The fraction of sp³-hybridized carbons (Fsp3) is 0.500. The van der Waals surface area contributed by atoms with Crippen LogP contribution in [0.15, 0.2) is 24.3 Å². The Kier molecular flexibility index (Phi) is 3.48. The topological polar surface area (TPSA) is 40.5 Å². The number of hydrogen-bond donors (Lipinski definition) is 1. The minimum absolute atomic E-state index is 0.365. The Bertz CT molecular complexity index is 399. The van der Waals surface area contributed by atoms with E-state index in [0.717, 1.165) is 6.54 Å². The van der Waals surface area contributed by atoms with Crippen LogP contribution in [0.3, 0.4) is 0 Å². The van der Waals surface area contributed by atoms with Gasteiger partial charge in [0.15, 0.2) is 0 Å². The highest BCUT2D eigenvalue weighted by Gasteiger charge is 2.25. The number of likely N-dealkylation sites (tertiary alicyclic amines) is 1. The predicted octanol–water partition coefficient (Wildman–Crippen LogP) is 2.44. The zero-order valence-corrected chi connectivity index (χ0v) is 10.4. The largest absolute Gasteiger partial charge is 0.478 e. The van der Waals surface area contributed by atoms with E-state index in [9.17, 15) is 4.79 Å². The van der Waals surface area contributed by atoms with Gasteiger partial charge in [0.05, 0.1) is 5.56 Å². The SMILES string of the molecule is CC(c1ccc(C(=O)O)cc1)C1CCN(C)C1. The maximum absolute atomic E-state index is 10.8. The van der Waals surface area contributed by atoms with Crippen molar-refractivity contribution in [2.45, 2.75) is 19.3 Å². The molecule has 1 aliphatic rings. The van der Waals surface area contributed by atoms with E-state index in [1.807, 2.05) is 12.1 Å². The summed E-state index contributed by atoms with van der Waals surface area (Å²) < 4.78 is 0. The summed E-state index contributed by atoms with van der Waals surface area (Å²) >= 11 is 0. The zero-order valence-electron chi connectivity index (χ0n) is 10.4. The predicted molar refractivity (Wildman–Crippen MR) is 67.4 cm³/mol. The molecule has 1 N–H and O–H groups in total. The molecule has 1 aromatic carbocycles. The number of aromatic carboxylic acids is 1. The Balaban J connectivity index is 2.09. The van der Waals surface area contributed by atoms with E-state index >= 15 is 0 Å². The van der Waals surface area contributed by atoms with Gasteiger partial charge in [-0.15, -0.1) is 0 Å². The molecular formula is C14H19NO2. The molecule has 0 aliphatic carbocycles. The highest BCUT2D eigenvalue weighted by Crippen LogP contribution is 2.31. The normalized spacial score (nSPS) is 22.6. The number of nitrogens with zero attached hydrogens (tertiary/aromatic N) is 1. The van der Waals surface area contributed by atoms with Crippen LogP contribution in [0, 0.1) is 5.92 Å². The number of carboxylic acid groups (broad SMARTS) is 1. The fourth-order valence-corrected chi connectivity index (χ4v) is 2.58. The molecule has 1 heterocycles. The molecule has 17 heavy (non-hydrogen) atoms. The van der Waals surface area contributed by atoms with E-state index in [0.29, 0.717) is 17.4 Å². The van der Waals surface area contributed by atoms with Crippen LogP contribution in [0.1, 0.15) is 35.2 Å². The van der Waals surface area contributed by atoms with Crippen LogP contribution in [-0.4, -0.2) is 36.1 Å². The van der Waals surface area contributed by atoms with Crippen LogP contribution in [0.2, 0.25) is 0 Å². The summed E-state index contributed by atoms with van der Waals surface area (Å²) in [5.41, 5.74) is 1.61. The maximum atomic E-state index is 10.8. The van der Waals surface area contributed by atoms with Crippen molar-refractivity contribution in [2.75, 3.05) is 20.1 Å². The summed E-state index contributed by atoms with van der Waals surface area (Å²) in [7, 11) is 2.15. The van der Waals surface area contributed by atoms with Crippen LogP contribution < -0.4 is 0 Å². The first-order valence-corrected chi connectivity index (χ1v) is 6.09. The highest BCUT2D eigenvalue weighted by molar-refractivity contribution is 5.87. The number of hydrogen-bond acceptors (Lipinski definition) is 2. The van der Waals surface area contributed by atoms with Crippen molar-refractivity contribution in [1.29, 1.82) is 0 Å². The molecule has 0 radical (unpaired) electrons. The second-order valence-electron chi connectivity index (χ2n) is 5.03. The van der Waals surface area contributed by atoms with Gasteiger partial charge in [0, 0.05) is 6.54 Å². The molecule has 0 spiro atoms. The van der Waals surface area contributed by atoms with Crippen molar-refractivity contribution >= 4 is 5.97 Å². The first-order valence-electron chi connectivity index (χ1n) is 6.09. The molecule has 2 rings (SSSR count). The lowest BCUT2D eigenvalue weighted by molar-refractivity contribution is 0.0697. The summed E-state index contributed by atoms with van der Waals surface area (Å²) in [5.74, 6) is 0.336. The van der Waals surface area contributed by atoms with Gasteiger partial charge >= 0.3 is 5.97 Å². The van der Waals surface area contributed by atoms with Crippen LogP contribution in [-0.2, 0) is 0 Å². The first kappa shape index (κ1) is 12.1. The summed E-state index contributed by atoms with van der Waals surface area (Å²) in [6.45, 7) is 4.55. The average Bonchev–Trinajstić information content (AvgIpc) is 2.75. The lowest BCUT2D eigenvalue weighted by atomic mass is 9.87. The Labute approximate surface area is 102 Å². The summed E-state index contributed by atoms with van der Waals surface area (Å²) in [6, 6.07) is 7.30. The molecule has 0 aromatic heterocycles. The van der Waals surface area contributed by atoms with Crippen LogP contribution in [0.25, 0.3) is 0 Å². The molecule has 1 saturated heterocycles. The van der Waals surface area contributed by atoms with E-state index < -0.39 is 5.97 Å². The van der Waals surface area contributed by atoms with Crippen molar-refractivity contribution in [3.05, 3.63) is 35.4 Å². The van der Waals surface area contributed by atoms with Crippen LogP contribution >= 0.6 is 0 Å². The molecular weight excluding hydrogens is 214 g/mol. The number of benzene rings is 1. The summed E-state index contributed by atoms with van der Waals surface area (Å²) in [4.78, 5) is 13.1. The van der Waals surface area contributed by atoms with Crippen molar-refractivity contribution in [2.24, 2.45) is 5.92 Å². The monoisotopic (exact) mass is 233 g/mol. The molecule has 3 heteroatoms. The van der Waals surface area contributed by atoms with E-state index in [4.69, 9.17) is 5.11 Å². The Hall–Kier alpha value is -1.35. The Morgan fingerprint density at radius 1 is 1.41 bits per heavy atom. The molecule has 92 valence electrons. The summed E-state index contributed by atoms with van der Waals surface area (Å²) in [5, 5.41) is 8.85. The average molecular weight is 233 g/mol. The smallest absolute Gasteiger partial charge is 0.335 e. The van der Waals surface area contributed by atoms with Crippen molar-refractivity contribution in [3.63, 3.8) is 0 Å². The minimum atomic E-state index is -0.857. The number of carboxylic acids is 1. The van der Waals surface area contributed by atoms with Crippen LogP contribution in [0.5, 0.6) is 0 Å². The van der Waals surface area contributed by atoms with Crippen molar-refractivity contribution in [1.82, 2.24) is 4.90 Å². The summed E-state index contributed by atoms with van der Waals surface area (Å²) in [6.07, 6.45) is 1.23. The van der Waals surface area contributed by atoms with Crippen LogP contribution in [0.4, 0.5) is 0 Å². The Morgan fingerprint density at radius 2 is 2.06 bits per heavy atom. The second kappa shape index (κ2) is 4.88. The van der Waals surface area contributed by atoms with Gasteiger partial charge in [0.2, 0.25) is 0 Å². The first-order chi connectivity index (χ1) is 8.08. The number of carbonyl (C=O) groups is 1. The molecule has 0 amide bonds. The minimum Gasteiger partial charge on any atom is -0.478 e. The van der Waals surface area contributed by atoms with Gasteiger partial charge in [0.1, 0.15) is 0 Å². The lowest BCUT2D eigenvalue weighted by Crippen LogP contribution is -2.17. The van der Waals surface area contributed by atoms with Crippen molar-refractivity contribution < 1.29 is 9.90 Å². The highest BCUT2D eigenvalue weighted by atomic mass is 16.4. The van der Waals surface area contributed by atoms with E-state index in [-0.39, 0.29) is 0 Å². The molecule has 2 unspecified atom stereocenters. The van der Waals surface area contributed by atoms with Gasteiger partial charge in [0.25, 0.3) is 0 Å². The third kappa shape index (κ3) is 2.67. The third-order valence-corrected chi connectivity index (χ3v) is 3.82. The number of rotatable bonds is 3. The standard InChI is InChI=1S/C14H19NO2/c1-10(13-7-8-15(2)9-13)11-3-5-12(6-4-11)14(16)17/h3-6,10,13H,7-9H2,1-2H3,(H,16,17). The molecule has 1 aromatic rings. The zero-order chi connectivity index (χ0) is 12.4. The molecule has 0 saturated carbocycles. The lowest BCUT2D eigenvalue weighted by Gasteiger charge is -2.19. The van der Waals surface area contributed by atoms with Gasteiger partial charge < -0.3 is 10.0 Å². The van der Waals surface area contributed by atoms with Crippen molar-refractivity contribution in [3.8, 4) is 0 Å². The van der Waals surface area contributed by atoms with Gasteiger partial charge in [-0.05, 0) is 49.5 Å². The van der Waals surface area contributed by atoms with E-state index in [1.54, 1.807) is 12.1 Å². The quantitative estimate of drug-likeness (QED) is 0.871. The molecule has 1 fully saturated rings. The molecule has 0 bridgehead atoms. The molecule has 2 atom stereocenters. The maximum Gasteiger partial charge on any atom is 0.335 e.